The number of nitrogens with zero attached hydrogens (tertiary/aromatic N) is 2. The fourth-order valence-corrected chi connectivity index (χ4v) is 31.2. The van der Waals surface area contributed by atoms with E-state index < -0.39 is 58.0 Å². The number of rotatable bonds is 37. The smallest absolute Gasteiger partial charge is 0.317 e. The van der Waals surface area contributed by atoms with E-state index in [0.29, 0.717) is 85.3 Å². The molecule has 0 aromatic rings. The number of carbonyl (C=O) groups excluding carboxylic acids is 1. The van der Waals surface area contributed by atoms with Gasteiger partial charge < -0.3 is 68.1 Å². The minimum Gasteiger partial charge on any atom is -0.756 e. The topological polar surface area (TPSA) is 202 Å². The normalized spacial score (nSPS) is 17.3. The van der Waals surface area contributed by atoms with Crippen LogP contribution in [0.1, 0.15) is 26.2 Å². The fourth-order valence-electron chi connectivity index (χ4n) is 6.11. The first-order chi connectivity index (χ1) is 27.5. The second-order valence-electron chi connectivity index (χ2n) is 19.7. The Balaban J connectivity index is 5.24. The van der Waals surface area contributed by atoms with E-state index in [0.717, 1.165) is 0 Å². The molecule has 0 rings (SSSR count). The van der Waals surface area contributed by atoms with E-state index in [9.17, 15) is 23.7 Å². The summed E-state index contributed by atoms with van der Waals surface area (Å²) in [5.41, 5.74) is 0.452. The number of amides is 1. The SMILES string of the molecule is C=C(C)C(=O)NCCC[N+](C)(C)CCOP(=O)([O-])OCCOCCC[Si](C)(O[Si](C)(C)O[Si](C)(C)C)O[Si](C)(CCCOCCOP(=O)([O-])OCC[N+](C)(C)C)O[Si](C)(C)C. The molecule has 18 nitrogen and oxygen atoms in total. The lowest BCUT2D eigenvalue weighted by molar-refractivity contribution is -0.890. The summed E-state index contributed by atoms with van der Waals surface area (Å²) < 4.78 is 84.7. The third-order valence-corrected chi connectivity index (χ3v) is 28.6. The summed E-state index contributed by atoms with van der Waals surface area (Å²) >= 11 is 0. The van der Waals surface area contributed by atoms with Gasteiger partial charge in [-0.25, -0.2) is 0 Å². The van der Waals surface area contributed by atoms with Crippen molar-refractivity contribution in [2.24, 2.45) is 0 Å². The van der Waals surface area contributed by atoms with Crippen LogP contribution in [-0.4, -0.2) is 171 Å². The summed E-state index contributed by atoms with van der Waals surface area (Å²) in [5, 5.41) is 2.79. The number of carbonyl (C=O) groups is 1. The number of hydrogen-bond donors (Lipinski definition) is 1. The second kappa shape index (κ2) is 27.1. The molecule has 0 radical (unpaired) electrons. The Labute approximate surface area is 374 Å². The molecule has 0 aliphatic heterocycles. The molecule has 1 N–H and O–H groups in total. The van der Waals surface area contributed by atoms with E-state index >= 15 is 0 Å². The van der Waals surface area contributed by atoms with Gasteiger partial charge in [-0.3, -0.25) is 13.9 Å². The van der Waals surface area contributed by atoms with Crippen molar-refractivity contribution in [1.29, 1.82) is 0 Å². The number of ether oxygens (including phenoxy) is 2. The van der Waals surface area contributed by atoms with Crippen molar-refractivity contribution in [3.05, 3.63) is 12.2 Å². The first-order valence-electron chi connectivity index (χ1n) is 21.2. The maximum absolute atomic E-state index is 12.4. The first kappa shape index (κ1) is 61.2. The van der Waals surface area contributed by atoms with Crippen molar-refractivity contribution in [2.75, 3.05) is 114 Å². The number of hydrogen-bond acceptors (Lipinski definition) is 15. The number of phosphoric acid groups is 2. The summed E-state index contributed by atoms with van der Waals surface area (Å²) in [6, 6.07) is 1.22. The molecule has 0 aromatic heterocycles. The lowest BCUT2D eigenvalue weighted by Crippen LogP contribution is -2.60. The van der Waals surface area contributed by atoms with Crippen LogP contribution in [0.4, 0.5) is 0 Å². The molecule has 25 heteroatoms. The predicted molar refractivity (Wildman–Crippen MR) is 248 cm³/mol. The Kier molecular flexibility index (Phi) is 27.2. The molecule has 4 atom stereocenters. The molecule has 0 aromatic carbocycles. The number of phosphoric ester groups is 2. The molecule has 0 bridgehead atoms. The van der Waals surface area contributed by atoms with Crippen molar-refractivity contribution < 1.29 is 76.7 Å². The van der Waals surface area contributed by atoms with E-state index in [1.54, 1.807) is 6.92 Å². The van der Waals surface area contributed by atoms with Gasteiger partial charge in [0.15, 0.2) is 16.6 Å². The maximum atomic E-state index is 12.4. The minimum atomic E-state index is -4.53. The van der Waals surface area contributed by atoms with Gasteiger partial charge in [0, 0.05) is 31.8 Å². The minimum absolute atomic E-state index is 0.0367. The average Bonchev–Trinajstić information content (AvgIpc) is 3.02. The fraction of sp³-hybridized carbons (Fsp3) is 0.917. The summed E-state index contributed by atoms with van der Waals surface area (Å²) in [5.74, 6) is -0.182. The number of quaternary nitrogens is 2. The Morgan fingerprint density at radius 2 is 1.00 bits per heavy atom. The van der Waals surface area contributed by atoms with Crippen LogP contribution in [0.15, 0.2) is 12.2 Å². The summed E-state index contributed by atoms with van der Waals surface area (Å²) in [7, 11) is -11.7. The van der Waals surface area contributed by atoms with Gasteiger partial charge in [0.05, 0.1) is 68.2 Å². The monoisotopic (exact) mass is 1000 g/mol. The zero-order valence-electron chi connectivity index (χ0n) is 40.6. The third kappa shape index (κ3) is 35.1. The highest BCUT2D eigenvalue weighted by Crippen LogP contribution is 2.39. The van der Waals surface area contributed by atoms with E-state index in [2.05, 4.69) is 64.3 Å². The molecule has 364 valence electrons. The maximum Gasteiger partial charge on any atom is 0.317 e. The third-order valence-electron chi connectivity index (χ3n) is 8.33. The van der Waals surface area contributed by atoms with Crippen LogP contribution in [0.2, 0.25) is 77.6 Å². The molecule has 61 heavy (non-hydrogen) atoms. The van der Waals surface area contributed by atoms with Gasteiger partial charge in [0.2, 0.25) is 5.91 Å². The van der Waals surface area contributed by atoms with Crippen molar-refractivity contribution in [1.82, 2.24) is 5.32 Å². The quantitative estimate of drug-likeness (QED) is 0.0278. The van der Waals surface area contributed by atoms with Gasteiger partial charge in [0.1, 0.15) is 26.3 Å². The molecule has 4 unspecified atom stereocenters. The van der Waals surface area contributed by atoms with Crippen LogP contribution in [0.5, 0.6) is 0 Å². The van der Waals surface area contributed by atoms with Crippen LogP contribution in [0, 0.1) is 0 Å². The van der Waals surface area contributed by atoms with E-state index in [1.165, 1.54) is 0 Å². The highest BCUT2D eigenvalue weighted by atomic mass is 31.2. The zero-order chi connectivity index (χ0) is 47.5. The largest absolute Gasteiger partial charge is 0.756 e. The molecular weight excluding hydrogens is 917 g/mol. The summed E-state index contributed by atoms with van der Waals surface area (Å²) in [4.78, 5) is 36.2. The van der Waals surface area contributed by atoms with Gasteiger partial charge in [-0.1, -0.05) is 6.58 Å². The number of likely N-dealkylation sites (N-methyl/N-ethyl adjacent to an activating group) is 2. The van der Waals surface area contributed by atoms with Crippen molar-refractivity contribution >= 4 is 63.9 Å². The molecule has 0 fully saturated rings. The first-order valence-corrected chi connectivity index (χ1v) is 38.8. The molecule has 0 spiro atoms. The predicted octanol–water partition coefficient (Wildman–Crippen LogP) is 5.25. The van der Waals surface area contributed by atoms with E-state index in [4.69, 9.17) is 44.0 Å². The van der Waals surface area contributed by atoms with Gasteiger partial charge in [-0.2, -0.15) is 0 Å². The molecule has 0 aliphatic rings. The summed E-state index contributed by atoms with van der Waals surface area (Å²) in [6.07, 6.45) is 1.94. The molecular formula is C36H85N3O15P2Si5. The van der Waals surface area contributed by atoms with Gasteiger partial charge in [0.25, 0.3) is 15.6 Å². The molecule has 0 saturated carbocycles. The highest BCUT2D eigenvalue weighted by molar-refractivity contribution is 7.46. The average molecular weight is 1000 g/mol. The lowest BCUT2D eigenvalue weighted by atomic mass is 10.3. The molecule has 1 amide bonds. The van der Waals surface area contributed by atoms with E-state index in [-0.39, 0.29) is 45.5 Å². The Morgan fingerprint density at radius 1 is 0.574 bits per heavy atom. The van der Waals surface area contributed by atoms with Gasteiger partial charge >= 0.3 is 25.7 Å². The summed E-state index contributed by atoms with van der Waals surface area (Å²) in [6.45, 7) is 29.0. The van der Waals surface area contributed by atoms with Crippen molar-refractivity contribution in [3.8, 4) is 0 Å². The molecule has 0 heterocycles. The van der Waals surface area contributed by atoms with Crippen LogP contribution < -0.4 is 15.1 Å². The standard InChI is InChI=1S/C36H85N3O15P2Si5/c1-35(2)36(40)37-21-18-22-39(6,7)24-28-48-56(43,44)50-32-30-46-26-20-34-61(17,53-59(14,15)51-57(8,9)10)54-60(16,52-58(11,12)13)33-19-25-45-29-31-49-55(41,42)47-27-23-38(3,4)5/h1,18-34H2,2-17H3,(H-2,37,40,41,42,43,44). The van der Waals surface area contributed by atoms with Crippen LogP contribution in [0.25, 0.3) is 0 Å². The second-order valence-corrected chi connectivity index (χ2v) is 42.6. The van der Waals surface area contributed by atoms with Gasteiger partial charge in [-0.05, 0) is 97.3 Å². The van der Waals surface area contributed by atoms with Gasteiger partial charge in [-0.15, -0.1) is 0 Å². The molecule has 0 aliphatic carbocycles. The Hall–Kier alpha value is 0.194. The highest BCUT2D eigenvalue weighted by Gasteiger charge is 2.48. The lowest BCUT2D eigenvalue weighted by Gasteiger charge is -2.44. The Bertz CT molecular complexity index is 1400. The van der Waals surface area contributed by atoms with Crippen molar-refractivity contribution in [3.63, 3.8) is 0 Å². The van der Waals surface area contributed by atoms with Crippen LogP contribution in [0.3, 0.4) is 0 Å². The Morgan fingerprint density at radius 3 is 1.43 bits per heavy atom. The van der Waals surface area contributed by atoms with Crippen LogP contribution >= 0.6 is 15.6 Å². The zero-order valence-corrected chi connectivity index (χ0v) is 47.4. The van der Waals surface area contributed by atoms with Crippen LogP contribution in [-0.2, 0) is 58.0 Å². The van der Waals surface area contributed by atoms with E-state index in [1.807, 2.05) is 48.3 Å². The van der Waals surface area contributed by atoms with Crippen molar-refractivity contribution in [2.45, 2.75) is 104 Å². The number of nitrogens with one attached hydrogen (secondary N) is 1. The molecule has 0 saturated heterocycles.